The van der Waals surface area contributed by atoms with Gasteiger partial charge in [0, 0.05) is 30.0 Å². The largest absolute Gasteiger partial charge is 0.399 e. The van der Waals surface area contributed by atoms with Crippen LogP contribution in [0.2, 0.25) is 0 Å². The summed E-state index contributed by atoms with van der Waals surface area (Å²) in [6.45, 7) is 6.00. The fourth-order valence-corrected chi connectivity index (χ4v) is 2.81. The van der Waals surface area contributed by atoms with Crippen molar-refractivity contribution in [3.05, 3.63) is 23.8 Å². The summed E-state index contributed by atoms with van der Waals surface area (Å²) in [5.74, 6) is 1.14. The molecule has 1 fully saturated rings. The number of benzene rings is 1. The maximum Gasteiger partial charge on any atom is 0.254 e. The minimum Gasteiger partial charge on any atom is -0.399 e. The summed E-state index contributed by atoms with van der Waals surface area (Å²) < 4.78 is 0. The lowest BCUT2D eigenvalue weighted by molar-refractivity contribution is 0.0623. The Morgan fingerprint density at radius 2 is 1.61 bits per heavy atom. The number of carbonyl (C=O) groups is 1. The van der Waals surface area contributed by atoms with Crippen molar-refractivity contribution in [3.8, 4) is 0 Å². The zero-order valence-electron chi connectivity index (χ0n) is 11.0. The summed E-state index contributed by atoms with van der Waals surface area (Å²) in [5, 5.41) is 0. The van der Waals surface area contributed by atoms with Crippen LogP contribution >= 0.6 is 0 Å². The number of nitrogens with two attached hydrogens (primary N) is 2. The molecule has 2 atom stereocenters. The number of hydrogen-bond donors (Lipinski definition) is 2. The van der Waals surface area contributed by atoms with Crippen LogP contribution in [-0.4, -0.2) is 23.9 Å². The van der Waals surface area contributed by atoms with Crippen LogP contribution in [0.1, 0.15) is 30.6 Å². The summed E-state index contributed by atoms with van der Waals surface area (Å²) in [6.07, 6.45) is 1.18. The average Bonchev–Trinajstić information content (AvgIpc) is 2.25. The quantitative estimate of drug-likeness (QED) is 0.745. The van der Waals surface area contributed by atoms with Crippen molar-refractivity contribution >= 4 is 17.3 Å². The maximum absolute atomic E-state index is 12.4. The first kappa shape index (κ1) is 12.7. The molecule has 0 spiro atoms. The fraction of sp³-hybridized carbons (Fsp3) is 0.500. The Kier molecular flexibility index (Phi) is 3.45. The summed E-state index contributed by atoms with van der Waals surface area (Å²) in [6, 6.07) is 5.06. The monoisotopic (exact) mass is 247 g/mol. The molecule has 0 aromatic heterocycles. The predicted octanol–water partition coefficient (Wildman–Crippen LogP) is 1.97. The molecule has 0 bridgehead atoms. The van der Waals surface area contributed by atoms with Gasteiger partial charge in [0.15, 0.2) is 0 Å². The number of rotatable bonds is 1. The van der Waals surface area contributed by atoms with Gasteiger partial charge in [0.2, 0.25) is 0 Å². The van der Waals surface area contributed by atoms with E-state index in [1.54, 1.807) is 18.2 Å². The molecule has 1 saturated heterocycles. The molecule has 4 nitrogen and oxygen atoms in total. The number of hydrogen-bond acceptors (Lipinski definition) is 3. The molecule has 1 aromatic carbocycles. The van der Waals surface area contributed by atoms with Gasteiger partial charge in [-0.15, -0.1) is 0 Å². The highest BCUT2D eigenvalue weighted by molar-refractivity contribution is 5.96. The van der Waals surface area contributed by atoms with Gasteiger partial charge in [0.05, 0.1) is 0 Å². The third kappa shape index (κ3) is 2.75. The van der Waals surface area contributed by atoms with Crippen molar-refractivity contribution in [2.24, 2.45) is 11.8 Å². The molecule has 0 aliphatic carbocycles. The molecule has 4 N–H and O–H groups in total. The maximum atomic E-state index is 12.4. The summed E-state index contributed by atoms with van der Waals surface area (Å²) in [7, 11) is 0. The Hall–Kier alpha value is -1.71. The highest BCUT2D eigenvalue weighted by Crippen LogP contribution is 2.23. The van der Waals surface area contributed by atoms with Crippen molar-refractivity contribution in [3.63, 3.8) is 0 Å². The number of piperidine rings is 1. The second kappa shape index (κ2) is 4.88. The van der Waals surface area contributed by atoms with E-state index in [2.05, 4.69) is 13.8 Å². The SMILES string of the molecule is C[C@@H]1C[C@H](C)CN(C(=O)c2cc(N)cc(N)c2)C1. The molecule has 0 radical (unpaired) electrons. The van der Waals surface area contributed by atoms with Gasteiger partial charge in [-0.3, -0.25) is 4.79 Å². The molecule has 0 unspecified atom stereocenters. The average molecular weight is 247 g/mol. The van der Waals surface area contributed by atoms with Crippen LogP contribution in [0, 0.1) is 11.8 Å². The minimum absolute atomic E-state index is 0.0346. The van der Waals surface area contributed by atoms with Crippen molar-refractivity contribution < 1.29 is 4.79 Å². The molecule has 1 heterocycles. The van der Waals surface area contributed by atoms with Crippen LogP contribution in [-0.2, 0) is 0 Å². The fourth-order valence-electron chi connectivity index (χ4n) is 2.81. The van der Waals surface area contributed by atoms with Crippen molar-refractivity contribution in [2.45, 2.75) is 20.3 Å². The molecule has 18 heavy (non-hydrogen) atoms. The van der Waals surface area contributed by atoms with Crippen LogP contribution in [0.25, 0.3) is 0 Å². The van der Waals surface area contributed by atoms with E-state index >= 15 is 0 Å². The minimum atomic E-state index is 0.0346. The lowest BCUT2D eigenvalue weighted by atomic mass is 9.91. The Balaban J connectivity index is 2.20. The van der Waals surface area contributed by atoms with Gasteiger partial charge in [-0.2, -0.15) is 0 Å². The predicted molar refractivity (Wildman–Crippen MR) is 74.1 cm³/mol. The molecular formula is C14H21N3O. The lowest BCUT2D eigenvalue weighted by Gasteiger charge is -2.35. The van der Waals surface area contributed by atoms with Crippen LogP contribution in [0.4, 0.5) is 11.4 Å². The zero-order chi connectivity index (χ0) is 13.3. The van der Waals surface area contributed by atoms with E-state index in [-0.39, 0.29) is 5.91 Å². The van der Waals surface area contributed by atoms with Gasteiger partial charge < -0.3 is 16.4 Å². The first-order valence-electron chi connectivity index (χ1n) is 6.41. The van der Waals surface area contributed by atoms with Gasteiger partial charge in [0.25, 0.3) is 5.91 Å². The number of nitrogens with zero attached hydrogens (tertiary/aromatic N) is 1. The van der Waals surface area contributed by atoms with Crippen LogP contribution in [0.5, 0.6) is 0 Å². The van der Waals surface area contributed by atoms with Crippen molar-refractivity contribution in [2.75, 3.05) is 24.6 Å². The molecule has 4 heteroatoms. The Morgan fingerprint density at radius 3 is 2.11 bits per heavy atom. The highest BCUT2D eigenvalue weighted by atomic mass is 16.2. The molecule has 1 aromatic rings. The lowest BCUT2D eigenvalue weighted by Crippen LogP contribution is -2.42. The third-order valence-corrected chi connectivity index (χ3v) is 3.38. The van der Waals surface area contributed by atoms with E-state index in [9.17, 15) is 4.79 Å². The Bertz CT molecular complexity index is 428. The Labute approximate surface area is 108 Å². The van der Waals surface area contributed by atoms with E-state index in [0.29, 0.717) is 28.8 Å². The molecule has 1 aliphatic heterocycles. The Morgan fingerprint density at radius 1 is 1.11 bits per heavy atom. The second-order valence-electron chi connectivity index (χ2n) is 5.54. The van der Waals surface area contributed by atoms with Crippen LogP contribution in [0.3, 0.4) is 0 Å². The van der Waals surface area contributed by atoms with Gasteiger partial charge in [-0.1, -0.05) is 13.8 Å². The van der Waals surface area contributed by atoms with Gasteiger partial charge in [-0.25, -0.2) is 0 Å². The molecular weight excluding hydrogens is 226 g/mol. The second-order valence-corrected chi connectivity index (χ2v) is 5.54. The molecule has 1 aliphatic rings. The molecule has 0 saturated carbocycles. The number of anilines is 2. The normalized spacial score (nSPS) is 24.0. The topological polar surface area (TPSA) is 72.3 Å². The van der Waals surface area contributed by atoms with Crippen molar-refractivity contribution in [1.29, 1.82) is 0 Å². The van der Waals surface area contributed by atoms with E-state index in [4.69, 9.17) is 11.5 Å². The van der Waals surface area contributed by atoms with Crippen LogP contribution in [0.15, 0.2) is 18.2 Å². The summed E-state index contributed by atoms with van der Waals surface area (Å²) in [4.78, 5) is 14.3. The molecule has 2 rings (SSSR count). The van der Waals surface area contributed by atoms with E-state index < -0.39 is 0 Å². The molecule has 1 amide bonds. The summed E-state index contributed by atoms with van der Waals surface area (Å²) in [5.41, 5.74) is 13.1. The first-order valence-corrected chi connectivity index (χ1v) is 6.41. The standard InChI is InChI=1S/C14H21N3O/c1-9-3-10(2)8-17(7-9)14(18)11-4-12(15)6-13(16)5-11/h4-6,9-10H,3,7-8,15-16H2,1-2H3/t9-,10+. The van der Waals surface area contributed by atoms with E-state index in [0.717, 1.165) is 13.1 Å². The number of amides is 1. The summed E-state index contributed by atoms with van der Waals surface area (Å²) >= 11 is 0. The van der Waals surface area contributed by atoms with Crippen LogP contribution < -0.4 is 11.5 Å². The zero-order valence-corrected chi connectivity index (χ0v) is 11.0. The first-order chi connectivity index (χ1) is 8.45. The van der Waals surface area contributed by atoms with E-state index in [1.807, 2.05) is 4.90 Å². The number of carbonyl (C=O) groups excluding carboxylic acids is 1. The van der Waals surface area contributed by atoms with Crippen molar-refractivity contribution in [1.82, 2.24) is 4.90 Å². The highest BCUT2D eigenvalue weighted by Gasteiger charge is 2.26. The third-order valence-electron chi connectivity index (χ3n) is 3.38. The van der Waals surface area contributed by atoms with E-state index in [1.165, 1.54) is 6.42 Å². The molecule has 98 valence electrons. The smallest absolute Gasteiger partial charge is 0.254 e. The number of likely N-dealkylation sites (tertiary alicyclic amines) is 1. The van der Waals surface area contributed by atoms with Gasteiger partial charge in [-0.05, 0) is 36.5 Å². The van der Waals surface area contributed by atoms with Gasteiger partial charge >= 0.3 is 0 Å². The van der Waals surface area contributed by atoms with Gasteiger partial charge in [0.1, 0.15) is 0 Å². The number of nitrogen functional groups attached to an aromatic ring is 2.